The van der Waals surface area contributed by atoms with Crippen LogP contribution in [0.5, 0.6) is 0 Å². The first kappa shape index (κ1) is 13.4. The Morgan fingerprint density at radius 3 is 2.26 bits per heavy atom. The van der Waals surface area contributed by atoms with Gasteiger partial charge in [0.05, 0.1) is 12.6 Å². The zero-order valence-corrected chi connectivity index (χ0v) is 11.8. The lowest BCUT2D eigenvalue weighted by Crippen LogP contribution is -2.26. The van der Waals surface area contributed by atoms with E-state index in [4.69, 9.17) is 5.26 Å². The number of carbonyl (C=O) groups is 1. The number of nitriles is 1. The van der Waals surface area contributed by atoms with Crippen LogP contribution in [-0.2, 0) is 5.41 Å². The van der Waals surface area contributed by atoms with Gasteiger partial charge in [0, 0.05) is 7.05 Å². The third kappa shape index (κ3) is 2.41. The maximum absolute atomic E-state index is 11.8. The second-order valence-corrected chi connectivity index (χ2v) is 5.99. The van der Waals surface area contributed by atoms with Crippen LogP contribution in [0.4, 0.5) is 4.79 Å². The smallest absolute Gasteiger partial charge is 0.318 e. The Morgan fingerprint density at radius 2 is 1.84 bits per heavy atom. The molecule has 2 amide bonds. The molecule has 1 aromatic rings. The second-order valence-electron chi connectivity index (χ2n) is 5.99. The van der Waals surface area contributed by atoms with Crippen molar-refractivity contribution in [3.8, 4) is 6.19 Å². The van der Waals surface area contributed by atoms with Gasteiger partial charge in [0.15, 0.2) is 6.19 Å². The fourth-order valence-corrected chi connectivity index (χ4v) is 2.32. The van der Waals surface area contributed by atoms with Crippen molar-refractivity contribution in [3.05, 3.63) is 35.4 Å². The minimum Gasteiger partial charge on any atom is -0.318 e. The van der Waals surface area contributed by atoms with Crippen LogP contribution in [0.15, 0.2) is 24.3 Å². The molecule has 4 heteroatoms. The molecule has 1 aliphatic heterocycles. The Morgan fingerprint density at radius 1 is 1.26 bits per heavy atom. The number of benzene rings is 1. The lowest BCUT2D eigenvalue weighted by molar-refractivity contribution is 0.205. The van der Waals surface area contributed by atoms with E-state index in [-0.39, 0.29) is 17.5 Å². The number of urea groups is 1. The molecule has 1 aromatic carbocycles. The summed E-state index contributed by atoms with van der Waals surface area (Å²) in [6, 6.07) is 8.03. The Labute approximate surface area is 114 Å². The summed E-state index contributed by atoms with van der Waals surface area (Å²) in [7, 11) is 1.74. The van der Waals surface area contributed by atoms with E-state index in [1.165, 1.54) is 10.5 Å². The van der Waals surface area contributed by atoms with Crippen LogP contribution < -0.4 is 0 Å². The lowest BCUT2D eigenvalue weighted by atomic mass is 9.86. The minimum absolute atomic E-state index is 0.0406. The second kappa shape index (κ2) is 4.58. The first-order valence-corrected chi connectivity index (χ1v) is 6.39. The average molecular weight is 257 g/mol. The maximum atomic E-state index is 11.8. The third-order valence-corrected chi connectivity index (χ3v) is 3.64. The molecule has 0 spiro atoms. The molecule has 0 bridgehead atoms. The first-order valence-electron chi connectivity index (χ1n) is 6.39. The summed E-state index contributed by atoms with van der Waals surface area (Å²) in [5.74, 6) is 0. The molecule has 1 heterocycles. The van der Waals surface area contributed by atoms with E-state index < -0.39 is 0 Å². The predicted molar refractivity (Wildman–Crippen MR) is 73.4 cm³/mol. The summed E-state index contributed by atoms with van der Waals surface area (Å²) in [5.41, 5.74) is 2.45. The van der Waals surface area contributed by atoms with Crippen LogP contribution >= 0.6 is 0 Å². The first-order chi connectivity index (χ1) is 8.84. The molecule has 1 unspecified atom stereocenters. The number of amides is 2. The molecule has 2 rings (SSSR count). The van der Waals surface area contributed by atoms with Crippen molar-refractivity contribution in [1.82, 2.24) is 9.80 Å². The zero-order chi connectivity index (χ0) is 14.2. The number of hydrogen-bond acceptors (Lipinski definition) is 2. The van der Waals surface area contributed by atoms with Gasteiger partial charge >= 0.3 is 6.03 Å². The van der Waals surface area contributed by atoms with E-state index in [9.17, 15) is 4.79 Å². The molecule has 100 valence electrons. The van der Waals surface area contributed by atoms with Gasteiger partial charge in [-0.1, -0.05) is 45.0 Å². The summed E-state index contributed by atoms with van der Waals surface area (Å²) in [4.78, 5) is 14.6. The van der Waals surface area contributed by atoms with E-state index >= 15 is 0 Å². The molecular weight excluding hydrogens is 238 g/mol. The van der Waals surface area contributed by atoms with Gasteiger partial charge in [0.2, 0.25) is 0 Å². The molecule has 0 radical (unpaired) electrons. The highest BCUT2D eigenvalue weighted by Crippen LogP contribution is 2.29. The Balaban J connectivity index is 2.25. The normalized spacial score (nSPS) is 19.7. The van der Waals surface area contributed by atoms with Crippen molar-refractivity contribution in [2.45, 2.75) is 32.2 Å². The number of hydrogen-bond donors (Lipinski definition) is 0. The van der Waals surface area contributed by atoms with Crippen molar-refractivity contribution in [3.63, 3.8) is 0 Å². The summed E-state index contributed by atoms with van der Waals surface area (Å²) < 4.78 is 0. The fourth-order valence-electron chi connectivity index (χ4n) is 2.32. The summed E-state index contributed by atoms with van der Waals surface area (Å²) in [5, 5.41) is 8.90. The molecule has 1 atom stereocenters. The molecule has 0 aliphatic carbocycles. The van der Waals surface area contributed by atoms with Crippen LogP contribution in [0, 0.1) is 11.5 Å². The quantitative estimate of drug-likeness (QED) is 0.726. The van der Waals surface area contributed by atoms with Gasteiger partial charge in [-0.2, -0.15) is 5.26 Å². The van der Waals surface area contributed by atoms with Crippen molar-refractivity contribution in [1.29, 1.82) is 5.26 Å². The highest BCUT2D eigenvalue weighted by atomic mass is 16.2. The zero-order valence-electron chi connectivity index (χ0n) is 11.8. The summed E-state index contributed by atoms with van der Waals surface area (Å²) in [6.07, 6.45) is 1.92. The Hall–Kier alpha value is -2.02. The molecular formula is C15H19N3O. The number of rotatable bonds is 1. The van der Waals surface area contributed by atoms with Crippen LogP contribution in [0.1, 0.15) is 37.9 Å². The topological polar surface area (TPSA) is 47.3 Å². The Bertz CT molecular complexity index is 522. The monoisotopic (exact) mass is 257 g/mol. The highest BCUT2D eigenvalue weighted by Gasteiger charge is 2.35. The number of likely N-dealkylation sites (N-methyl/N-ethyl adjacent to an activating group) is 1. The van der Waals surface area contributed by atoms with E-state index in [1.807, 2.05) is 6.19 Å². The average Bonchev–Trinajstić information content (AvgIpc) is 2.65. The predicted octanol–water partition coefficient (Wildman–Crippen LogP) is 2.87. The number of nitrogens with zero attached hydrogens (tertiary/aromatic N) is 3. The fraction of sp³-hybridized carbons (Fsp3) is 0.467. The van der Waals surface area contributed by atoms with E-state index in [2.05, 4.69) is 45.0 Å². The maximum Gasteiger partial charge on any atom is 0.333 e. The molecule has 1 fully saturated rings. The van der Waals surface area contributed by atoms with Gasteiger partial charge < -0.3 is 4.90 Å². The molecule has 1 aliphatic rings. The molecule has 1 saturated heterocycles. The van der Waals surface area contributed by atoms with Crippen LogP contribution in [-0.4, -0.2) is 29.4 Å². The molecule has 4 nitrogen and oxygen atoms in total. The van der Waals surface area contributed by atoms with Crippen LogP contribution in [0.2, 0.25) is 0 Å². The van der Waals surface area contributed by atoms with Gasteiger partial charge in [-0.25, -0.2) is 9.69 Å². The largest absolute Gasteiger partial charge is 0.333 e. The van der Waals surface area contributed by atoms with Crippen molar-refractivity contribution in [2.24, 2.45) is 0 Å². The van der Waals surface area contributed by atoms with E-state index in [1.54, 1.807) is 11.9 Å². The van der Waals surface area contributed by atoms with E-state index in [0.29, 0.717) is 6.54 Å². The molecule has 19 heavy (non-hydrogen) atoms. The van der Waals surface area contributed by atoms with Crippen molar-refractivity contribution in [2.75, 3.05) is 13.6 Å². The van der Waals surface area contributed by atoms with Gasteiger partial charge in [0.25, 0.3) is 0 Å². The highest BCUT2D eigenvalue weighted by molar-refractivity contribution is 5.78. The van der Waals surface area contributed by atoms with Gasteiger partial charge in [0.1, 0.15) is 0 Å². The standard InChI is InChI=1S/C15H19N3O/c1-15(2,3)12-7-5-11(6-8-12)13-9-18(10-16)14(19)17(13)4/h5-8,13H,9H2,1-4H3. The van der Waals surface area contributed by atoms with E-state index in [0.717, 1.165) is 5.56 Å². The van der Waals surface area contributed by atoms with Crippen LogP contribution in [0.25, 0.3) is 0 Å². The van der Waals surface area contributed by atoms with Crippen LogP contribution in [0.3, 0.4) is 0 Å². The van der Waals surface area contributed by atoms with Crippen molar-refractivity contribution >= 4 is 6.03 Å². The third-order valence-electron chi connectivity index (χ3n) is 3.64. The summed E-state index contributed by atoms with van der Waals surface area (Å²) in [6.45, 7) is 6.95. The van der Waals surface area contributed by atoms with Crippen molar-refractivity contribution < 1.29 is 4.79 Å². The molecule has 0 saturated carbocycles. The summed E-state index contributed by atoms with van der Waals surface area (Å²) >= 11 is 0. The lowest BCUT2D eigenvalue weighted by Gasteiger charge is -2.22. The molecule has 0 N–H and O–H groups in total. The molecule has 0 aromatic heterocycles. The Kier molecular flexibility index (Phi) is 3.23. The van der Waals surface area contributed by atoms with Gasteiger partial charge in [-0.3, -0.25) is 0 Å². The van der Waals surface area contributed by atoms with Gasteiger partial charge in [-0.05, 0) is 16.5 Å². The SMILES string of the molecule is CN1C(=O)N(C#N)CC1c1ccc(C(C)(C)C)cc1. The van der Waals surface area contributed by atoms with Gasteiger partial charge in [-0.15, -0.1) is 0 Å². The number of carbonyl (C=O) groups excluding carboxylic acids is 1. The minimum atomic E-state index is -0.229.